The zero-order chi connectivity index (χ0) is 16.7. The molecule has 2 unspecified atom stereocenters. The minimum Gasteiger partial charge on any atom is -0.270 e. The number of hydrogen-bond acceptors (Lipinski definition) is 3. The first-order chi connectivity index (χ1) is 11.6. The highest BCUT2D eigenvalue weighted by molar-refractivity contribution is 5.82. The minimum absolute atomic E-state index is 0.181. The Morgan fingerprint density at radius 2 is 1.67 bits per heavy atom. The van der Waals surface area contributed by atoms with E-state index in [2.05, 4.69) is 84.3 Å². The van der Waals surface area contributed by atoms with E-state index < -0.39 is 0 Å². The normalized spacial score (nSPS) is 22.5. The van der Waals surface area contributed by atoms with Crippen LogP contribution in [-0.4, -0.2) is 23.2 Å². The monoisotopic (exact) mass is 317 g/mol. The Morgan fingerprint density at radius 3 is 2.42 bits per heavy atom. The first-order valence-electron chi connectivity index (χ1n) is 8.21. The maximum Gasteiger partial charge on any atom is 0.203 e. The van der Waals surface area contributed by atoms with Crippen LogP contribution in [0.1, 0.15) is 12.5 Å². The third kappa shape index (κ3) is 1.96. The molecule has 120 valence electrons. The van der Waals surface area contributed by atoms with Crippen molar-refractivity contribution in [3.63, 3.8) is 0 Å². The van der Waals surface area contributed by atoms with Crippen molar-refractivity contribution in [2.45, 2.75) is 20.0 Å². The molecule has 24 heavy (non-hydrogen) atoms. The molecular weight excluding hydrogens is 296 g/mol. The van der Waals surface area contributed by atoms with Crippen LogP contribution in [0.25, 0.3) is 0 Å². The summed E-state index contributed by atoms with van der Waals surface area (Å²) in [4.78, 5) is 11.2. The first kappa shape index (κ1) is 14.8. The van der Waals surface area contributed by atoms with Gasteiger partial charge in [0.25, 0.3) is 0 Å². The molecule has 1 aliphatic heterocycles. The van der Waals surface area contributed by atoms with E-state index in [1.807, 2.05) is 12.3 Å². The maximum atomic E-state index is 4.62. The van der Waals surface area contributed by atoms with Gasteiger partial charge in [-0.3, -0.25) is 4.90 Å². The fraction of sp³-hybridized carbons (Fsp3) is 0.200. The predicted octanol–water partition coefficient (Wildman–Crippen LogP) is 4.55. The molecule has 0 fully saturated rings. The molecule has 4 heteroatoms. The van der Waals surface area contributed by atoms with Gasteiger partial charge in [0.15, 0.2) is 6.17 Å². The molecule has 0 aliphatic carbocycles. The molecule has 1 aliphatic rings. The van der Waals surface area contributed by atoms with Crippen molar-refractivity contribution in [1.29, 1.82) is 0 Å². The van der Waals surface area contributed by atoms with Crippen molar-refractivity contribution < 1.29 is 0 Å². The molecule has 0 amide bonds. The third-order valence-corrected chi connectivity index (χ3v) is 5.17. The molecule has 0 N–H and O–H groups in total. The zero-order valence-electron chi connectivity index (χ0n) is 14.2. The van der Waals surface area contributed by atoms with Crippen LogP contribution in [0.15, 0.2) is 67.1 Å². The van der Waals surface area contributed by atoms with E-state index in [0.29, 0.717) is 4.48 Å². The van der Waals surface area contributed by atoms with Crippen LogP contribution in [0.4, 0.5) is 22.9 Å². The van der Waals surface area contributed by atoms with Gasteiger partial charge in [0, 0.05) is 18.2 Å². The van der Waals surface area contributed by atoms with Gasteiger partial charge >= 0.3 is 0 Å². The molecule has 1 aromatic heterocycles. The highest BCUT2D eigenvalue weighted by atomic mass is 15.5. The largest absolute Gasteiger partial charge is 0.270 e. The fourth-order valence-corrected chi connectivity index (χ4v) is 3.78. The van der Waals surface area contributed by atoms with Crippen LogP contribution in [-0.2, 0) is 0 Å². The Kier molecular flexibility index (Phi) is 3.36. The summed E-state index contributed by atoms with van der Waals surface area (Å²) in [6.07, 6.45) is 3.77. The number of nitrogens with zero attached hydrogens (tertiary/aromatic N) is 4. The number of aromatic nitrogens is 2. The topological polar surface area (TPSA) is 29.0 Å². The number of quaternary nitrogens is 1. The lowest BCUT2D eigenvalue weighted by molar-refractivity contribution is 0.387. The zero-order valence-corrected chi connectivity index (χ0v) is 14.2. The summed E-state index contributed by atoms with van der Waals surface area (Å²) < 4.78 is 0.664. The summed E-state index contributed by atoms with van der Waals surface area (Å²) in [5.74, 6) is 0.981. The van der Waals surface area contributed by atoms with Crippen molar-refractivity contribution in [3.8, 4) is 0 Å². The summed E-state index contributed by atoms with van der Waals surface area (Å²) in [7, 11) is 2.25. The molecule has 2 heterocycles. The molecule has 3 aromatic rings. The maximum absolute atomic E-state index is 4.62. The van der Waals surface area contributed by atoms with Gasteiger partial charge in [-0.05, 0) is 25.1 Å². The summed E-state index contributed by atoms with van der Waals surface area (Å²) in [5.41, 5.74) is 4.83. The lowest BCUT2D eigenvalue weighted by Gasteiger charge is -2.36. The predicted molar refractivity (Wildman–Crippen MR) is 98.6 cm³/mol. The molecule has 0 spiro atoms. The van der Waals surface area contributed by atoms with Crippen LogP contribution >= 0.6 is 0 Å². The van der Waals surface area contributed by atoms with Crippen LogP contribution in [0, 0.1) is 6.92 Å². The van der Waals surface area contributed by atoms with E-state index >= 15 is 0 Å². The van der Waals surface area contributed by atoms with E-state index in [-0.39, 0.29) is 6.17 Å². The van der Waals surface area contributed by atoms with Gasteiger partial charge in [-0.1, -0.05) is 36.4 Å². The number of fused-ring (bicyclic) bond motifs is 1. The second kappa shape index (κ2) is 5.42. The Bertz CT molecular complexity index is 878. The molecular formula is C20H21N4+. The Balaban J connectivity index is 1.96. The summed E-state index contributed by atoms with van der Waals surface area (Å²) in [5, 5.41) is 0. The Morgan fingerprint density at radius 1 is 0.958 bits per heavy atom. The number of hydrogen-bond donors (Lipinski definition) is 0. The lowest BCUT2D eigenvalue weighted by Crippen LogP contribution is -2.50. The van der Waals surface area contributed by atoms with Gasteiger partial charge in [-0.2, -0.15) is 0 Å². The third-order valence-electron chi connectivity index (χ3n) is 5.17. The van der Waals surface area contributed by atoms with Gasteiger partial charge in [0.05, 0.1) is 13.2 Å². The number of aryl methyl sites for hydroxylation is 1. The van der Waals surface area contributed by atoms with Gasteiger partial charge in [0.2, 0.25) is 11.5 Å². The average Bonchev–Trinajstić information content (AvgIpc) is 2.85. The lowest BCUT2D eigenvalue weighted by atomic mass is 10.1. The van der Waals surface area contributed by atoms with Crippen molar-refractivity contribution in [2.24, 2.45) is 0 Å². The van der Waals surface area contributed by atoms with Crippen LogP contribution in [0.2, 0.25) is 0 Å². The number of anilines is 2. The highest BCUT2D eigenvalue weighted by Gasteiger charge is 2.50. The van der Waals surface area contributed by atoms with Crippen molar-refractivity contribution in [2.75, 3.05) is 11.9 Å². The highest BCUT2D eigenvalue weighted by Crippen LogP contribution is 2.51. The first-order valence-corrected chi connectivity index (χ1v) is 8.21. The van der Waals surface area contributed by atoms with Crippen molar-refractivity contribution in [1.82, 2.24) is 14.5 Å². The molecule has 0 saturated heterocycles. The molecule has 2 aromatic carbocycles. The summed E-state index contributed by atoms with van der Waals surface area (Å²) in [6, 6.07) is 19.0. The van der Waals surface area contributed by atoms with Crippen LogP contribution < -0.4 is 9.38 Å². The van der Waals surface area contributed by atoms with E-state index in [1.54, 1.807) is 6.33 Å². The molecule has 2 atom stereocenters. The van der Waals surface area contributed by atoms with Crippen LogP contribution in [0.5, 0.6) is 0 Å². The molecule has 4 nitrogen and oxygen atoms in total. The average molecular weight is 317 g/mol. The quantitative estimate of drug-likeness (QED) is 0.649. The number of rotatable bonds is 2. The van der Waals surface area contributed by atoms with Gasteiger partial charge in [0.1, 0.15) is 12.0 Å². The van der Waals surface area contributed by atoms with E-state index in [4.69, 9.17) is 0 Å². The molecule has 0 bridgehead atoms. The van der Waals surface area contributed by atoms with E-state index in [1.165, 1.54) is 11.3 Å². The Labute approximate surface area is 142 Å². The van der Waals surface area contributed by atoms with E-state index in [9.17, 15) is 0 Å². The van der Waals surface area contributed by atoms with Crippen molar-refractivity contribution >= 4 is 22.9 Å². The SMILES string of the molecule is Cc1ccccc1[N+]1(C)c2cncnc2N(c2ccccc2)C1C. The smallest absolute Gasteiger partial charge is 0.203 e. The second-order valence-electron chi connectivity index (χ2n) is 6.43. The van der Waals surface area contributed by atoms with E-state index in [0.717, 1.165) is 17.2 Å². The number of para-hydroxylation sites is 2. The molecule has 0 radical (unpaired) electrons. The molecule has 0 saturated carbocycles. The standard InChI is InChI=1S/C20H21N4/c1-15-9-7-8-12-18(15)24(3)16(2)23(17-10-5-4-6-11-17)20-19(24)13-21-14-22-20/h4-14,16H,1-3H3/q+1. The van der Waals surface area contributed by atoms with Gasteiger partial charge < -0.3 is 0 Å². The van der Waals surface area contributed by atoms with Crippen molar-refractivity contribution in [3.05, 3.63) is 72.7 Å². The van der Waals surface area contributed by atoms with Gasteiger partial charge in [-0.25, -0.2) is 14.5 Å². The number of benzene rings is 2. The molecule has 4 rings (SSSR count). The minimum atomic E-state index is 0.181. The van der Waals surface area contributed by atoms with Crippen LogP contribution in [0.3, 0.4) is 0 Å². The van der Waals surface area contributed by atoms with Gasteiger partial charge in [-0.15, -0.1) is 0 Å². The fourth-order valence-electron chi connectivity index (χ4n) is 3.78. The summed E-state index contributed by atoms with van der Waals surface area (Å²) >= 11 is 0. The second-order valence-corrected chi connectivity index (χ2v) is 6.43. The summed E-state index contributed by atoms with van der Waals surface area (Å²) in [6.45, 7) is 4.42. The Hall–Kier alpha value is -2.72.